The highest BCUT2D eigenvalue weighted by Gasteiger charge is 2.36. The molecule has 1 aliphatic carbocycles. The molecule has 0 aromatic heterocycles. The van der Waals surface area contributed by atoms with Crippen LogP contribution in [0.25, 0.3) is 0 Å². The van der Waals surface area contributed by atoms with Crippen molar-refractivity contribution in [2.45, 2.75) is 38.0 Å². The third-order valence-electron chi connectivity index (χ3n) is 2.67. The summed E-state index contributed by atoms with van der Waals surface area (Å²) in [6, 6.07) is 0.688. The lowest BCUT2D eigenvalue weighted by molar-refractivity contribution is -0.142. The van der Waals surface area contributed by atoms with Crippen LogP contribution in [0.15, 0.2) is 0 Å². The van der Waals surface area contributed by atoms with E-state index in [9.17, 15) is 4.79 Å². The Morgan fingerprint density at radius 2 is 2.15 bits per heavy atom. The zero-order valence-corrected chi connectivity index (χ0v) is 7.90. The number of hydrogen-bond acceptors (Lipinski definition) is 3. The van der Waals surface area contributed by atoms with Crippen LogP contribution in [0.2, 0.25) is 0 Å². The van der Waals surface area contributed by atoms with E-state index in [4.69, 9.17) is 10.5 Å². The largest absolute Gasteiger partial charge is 0.367 e. The zero-order chi connectivity index (χ0) is 9.42. The van der Waals surface area contributed by atoms with Crippen LogP contribution in [0.4, 0.5) is 0 Å². The van der Waals surface area contributed by atoms with Crippen LogP contribution < -0.4 is 5.73 Å². The molecule has 4 heteroatoms. The van der Waals surface area contributed by atoms with Crippen molar-refractivity contribution in [3.63, 3.8) is 0 Å². The standard InChI is InChI=1S/C9H16N2O2/c1-6-4-11(7-2-3-7)5-8(13-6)9(10)12/h6-8H,2-5H2,1H3,(H2,10,12)/t6-,8?/m1/s1. The lowest BCUT2D eigenvalue weighted by Crippen LogP contribution is -2.52. The highest BCUT2D eigenvalue weighted by atomic mass is 16.5. The summed E-state index contributed by atoms with van der Waals surface area (Å²) >= 11 is 0. The number of hydrogen-bond donors (Lipinski definition) is 1. The molecule has 1 saturated heterocycles. The van der Waals surface area contributed by atoms with Gasteiger partial charge < -0.3 is 10.5 Å². The van der Waals surface area contributed by atoms with Crippen molar-refractivity contribution >= 4 is 5.91 Å². The van der Waals surface area contributed by atoms with Crippen LogP contribution in [0.3, 0.4) is 0 Å². The van der Waals surface area contributed by atoms with Crippen LogP contribution in [0.1, 0.15) is 19.8 Å². The maximum atomic E-state index is 11.0. The molecular weight excluding hydrogens is 168 g/mol. The van der Waals surface area contributed by atoms with Crippen molar-refractivity contribution in [1.82, 2.24) is 4.90 Å². The van der Waals surface area contributed by atoms with E-state index in [1.165, 1.54) is 12.8 Å². The van der Waals surface area contributed by atoms with Gasteiger partial charge in [-0.15, -0.1) is 0 Å². The second-order valence-electron chi connectivity index (χ2n) is 4.02. The van der Waals surface area contributed by atoms with Gasteiger partial charge in [0.25, 0.3) is 0 Å². The monoisotopic (exact) mass is 184 g/mol. The molecule has 0 aromatic rings. The molecule has 1 heterocycles. The molecule has 4 nitrogen and oxygen atoms in total. The Bertz CT molecular complexity index is 216. The summed E-state index contributed by atoms with van der Waals surface area (Å²) in [5.74, 6) is -0.336. The maximum Gasteiger partial charge on any atom is 0.247 e. The van der Waals surface area contributed by atoms with Crippen LogP contribution in [-0.4, -0.2) is 42.1 Å². The molecule has 2 aliphatic rings. The molecular formula is C9H16N2O2. The molecule has 13 heavy (non-hydrogen) atoms. The highest BCUT2D eigenvalue weighted by molar-refractivity contribution is 5.79. The van der Waals surface area contributed by atoms with Crippen LogP contribution in [-0.2, 0) is 9.53 Å². The average Bonchev–Trinajstić information content (AvgIpc) is 2.85. The second-order valence-corrected chi connectivity index (χ2v) is 4.02. The summed E-state index contributed by atoms with van der Waals surface area (Å²) in [5.41, 5.74) is 5.22. The molecule has 1 amide bonds. The van der Waals surface area contributed by atoms with Gasteiger partial charge in [-0.05, 0) is 19.8 Å². The Morgan fingerprint density at radius 3 is 2.69 bits per heavy atom. The molecule has 2 N–H and O–H groups in total. The summed E-state index contributed by atoms with van der Waals surface area (Å²) in [4.78, 5) is 13.3. The molecule has 1 aliphatic heterocycles. The van der Waals surface area contributed by atoms with E-state index in [0.717, 1.165) is 6.54 Å². The fraction of sp³-hybridized carbons (Fsp3) is 0.889. The van der Waals surface area contributed by atoms with Gasteiger partial charge in [-0.3, -0.25) is 9.69 Å². The first-order valence-corrected chi connectivity index (χ1v) is 4.85. The number of nitrogens with two attached hydrogens (primary N) is 1. The predicted molar refractivity (Wildman–Crippen MR) is 48.1 cm³/mol. The Labute approximate surface area is 78.0 Å². The predicted octanol–water partition coefficient (Wildman–Crippen LogP) is -0.277. The minimum atomic E-state index is -0.399. The number of amides is 1. The van der Waals surface area contributed by atoms with Gasteiger partial charge in [0.05, 0.1) is 6.10 Å². The van der Waals surface area contributed by atoms with Gasteiger partial charge in [0.2, 0.25) is 5.91 Å². The molecule has 0 aromatic carbocycles. The zero-order valence-electron chi connectivity index (χ0n) is 7.90. The summed E-state index contributed by atoms with van der Waals surface area (Å²) in [6.45, 7) is 3.61. The first-order chi connectivity index (χ1) is 6.16. The quantitative estimate of drug-likeness (QED) is 0.642. The van der Waals surface area contributed by atoms with Gasteiger partial charge in [-0.1, -0.05) is 0 Å². The summed E-state index contributed by atoms with van der Waals surface area (Å²) < 4.78 is 5.44. The smallest absolute Gasteiger partial charge is 0.247 e. The Hall–Kier alpha value is -0.610. The van der Waals surface area contributed by atoms with E-state index in [1.807, 2.05) is 6.92 Å². The Kier molecular flexibility index (Phi) is 2.26. The third-order valence-corrected chi connectivity index (χ3v) is 2.67. The molecule has 1 unspecified atom stereocenters. The van der Waals surface area contributed by atoms with Crippen molar-refractivity contribution in [3.05, 3.63) is 0 Å². The van der Waals surface area contributed by atoms with E-state index >= 15 is 0 Å². The molecule has 0 radical (unpaired) electrons. The number of carbonyl (C=O) groups excluding carboxylic acids is 1. The van der Waals surface area contributed by atoms with Gasteiger partial charge >= 0.3 is 0 Å². The second kappa shape index (κ2) is 3.27. The third kappa shape index (κ3) is 2.00. The van der Waals surface area contributed by atoms with Crippen LogP contribution >= 0.6 is 0 Å². The fourth-order valence-corrected chi connectivity index (χ4v) is 1.88. The molecule has 1 saturated carbocycles. The van der Waals surface area contributed by atoms with Crippen LogP contribution in [0, 0.1) is 0 Å². The number of rotatable bonds is 2. The van der Waals surface area contributed by atoms with Crippen molar-refractivity contribution < 1.29 is 9.53 Å². The van der Waals surface area contributed by atoms with Crippen molar-refractivity contribution in [2.24, 2.45) is 5.73 Å². The van der Waals surface area contributed by atoms with Gasteiger partial charge in [-0.25, -0.2) is 0 Å². The van der Waals surface area contributed by atoms with Crippen LogP contribution in [0.5, 0.6) is 0 Å². The van der Waals surface area contributed by atoms with E-state index in [2.05, 4.69) is 4.90 Å². The number of primary amides is 1. The van der Waals surface area contributed by atoms with E-state index in [-0.39, 0.29) is 12.0 Å². The molecule has 0 spiro atoms. The lowest BCUT2D eigenvalue weighted by Gasteiger charge is -2.35. The summed E-state index contributed by atoms with van der Waals surface area (Å²) in [7, 11) is 0. The number of carbonyl (C=O) groups is 1. The first kappa shape index (κ1) is 8.97. The summed E-state index contributed by atoms with van der Waals surface area (Å²) in [5, 5.41) is 0. The highest BCUT2D eigenvalue weighted by Crippen LogP contribution is 2.29. The van der Waals surface area contributed by atoms with Crippen molar-refractivity contribution in [3.8, 4) is 0 Å². The van der Waals surface area contributed by atoms with Crippen molar-refractivity contribution in [1.29, 1.82) is 0 Å². The van der Waals surface area contributed by atoms with Gasteiger partial charge in [-0.2, -0.15) is 0 Å². The average molecular weight is 184 g/mol. The van der Waals surface area contributed by atoms with E-state index < -0.39 is 6.10 Å². The minimum absolute atomic E-state index is 0.131. The molecule has 74 valence electrons. The number of nitrogens with zero attached hydrogens (tertiary/aromatic N) is 1. The number of ether oxygens (including phenoxy) is 1. The topological polar surface area (TPSA) is 55.6 Å². The number of morpholine rings is 1. The lowest BCUT2D eigenvalue weighted by atomic mass is 10.2. The fourth-order valence-electron chi connectivity index (χ4n) is 1.88. The Balaban J connectivity index is 1.95. The van der Waals surface area contributed by atoms with E-state index in [1.54, 1.807) is 0 Å². The normalized spacial score (nSPS) is 36.1. The van der Waals surface area contributed by atoms with Gasteiger partial charge in [0.1, 0.15) is 6.10 Å². The Morgan fingerprint density at radius 1 is 1.46 bits per heavy atom. The summed E-state index contributed by atoms with van der Waals surface area (Å²) in [6.07, 6.45) is 2.26. The van der Waals surface area contributed by atoms with Crippen molar-refractivity contribution in [2.75, 3.05) is 13.1 Å². The maximum absolute atomic E-state index is 11.0. The molecule has 2 fully saturated rings. The minimum Gasteiger partial charge on any atom is -0.367 e. The van der Waals surface area contributed by atoms with Gasteiger partial charge in [0, 0.05) is 19.1 Å². The molecule has 2 rings (SSSR count). The molecule has 2 atom stereocenters. The van der Waals surface area contributed by atoms with E-state index in [0.29, 0.717) is 12.6 Å². The van der Waals surface area contributed by atoms with Gasteiger partial charge in [0.15, 0.2) is 0 Å². The SMILES string of the molecule is C[C@@H]1CN(C2CC2)CC(C(N)=O)O1. The first-order valence-electron chi connectivity index (χ1n) is 4.85. The molecule has 0 bridgehead atoms.